The number of nitrogens with two attached hydrogens (primary N) is 1. The molecule has 1 aromatic heterocycles. The van der Waals surface area contributed by atoms with Gasteiger partial charge < -0.3 is 5.73 Å². The van der Waals surface area contributed by atoms with E-state index in [0.717, 1.165) is 26.2 Å². The summed E-state index contributed by atoms with van der Waals surface area (Å²) in [6, 6.07) is 0. The quantitative estimate of drug-likeness (QED) is 0.933. The zero-order chi connectivity index (χ0) is 13.4. The Kier molecular flexibility index (Phi) is 5.41. The summed E-state index contributed by atoms with van der Waals surface area (Å²) in [4.78, 5) is 8.42. The normalized spacial score (nSPS) is 24.5. The molecule has 0 aromatic carbocycles. The van der Waals surface area contributed by atoms with Crippen molar-refractivity contribution in [2.45, 2.75) is 46.1 Å². The van der Waals surface area contributed by atoms with Gasteiger partial charge in [-0.05, 0) is 30.3 Å². The lowest BCUT2D eigenvalue weighted by Gasteiger charge is -2.22. The van der Waals surface area contributed by atoms with Crippen LogP contribution >= 0.6 is 23.7 Å². The maximum atomic E-state index is 5.85. The van der Waals surface area contributed by atoms with Gasteiger partial charge in [0.15, 0.2) is 0 Å². The standard InChI is InChI=1S/C14H25N3S.ClH/c1-13(2,3)11-7-16-12(18-11)8-17-6-5-14(4,9-15)10-17;/h7H,5-6,8-10,15H2,1-4H3;1H. The van der Waals surface area contributed by atoms with Crippen LogP contribution in [0.15, 0.2) is 6.20 Å². The van der Waals surface area contributed by atoms with E-state index >= 15 is 0 Å². The van der Waals surface area contributed by atoms with Gasteiger partial charge in [-0.25, -0.2) is 4.98 Å². The fraction of sp³-hybridized carbons (Fsp3) is 0.786. The molecule has 110 valence electrons. The molecule has 5 heteroatoms. The predicted octanol–water partition coefficient (Wildman–Crippen LogP) is 3.03. The van der Waals surface area contributed by atoms with Crippen LogP contribution in [0.4, 0.5) is 0 Å². The number of likely N-dealkylation sites (tertiary alicyclic amines) is 1. The highest BCUT2D eigenvalue weighted by molar-refractivity contribution is 7.11. The van der Waals surface area contributed by atoms with Crippen molar-refractivity contribution in [3.05, 3.63) is 16.1 Å². The Balaban J connectivity index is 0.00000180. The molecule has 0 aliphatic carbocycles. The molecule has 1 saturated heterocycles. The van der Waals surface area contributed by atoms with Crippen LogP contribution in [-0.2, 0) is 12.0 Å². The Hall–Kier alpha value is -0.160. The molecule has 2 N–H and O–H groups in total. The molecule has 2 rings (SSSR count). The molecule has 1 unspecified atom stereocenters. The van der Waals surface area contributed by atoms with E-state index in [1.54, 1.807) is 0 Å². The smallest absolute Gasteiger partial charge is 0.107 e. The average Bonchev–Trinajstić information content (AvgIpc) is 2.86. The molecule has 1 fully saturated rings. The topological polar surface area (TPSA) is 42.1 Å². The van der Waals surface area contributed by atoms with E-state index in [1.165, 1.54) is 16.3 Å². The van der Waals surface area contributed by atoms with Gasteiger partial charge in [0.2, 0.25) is 0 Å². The lowest BCUT2D eigenvalue weighted by Crippen LogP contribution is -2.31. The van der Waals surface area contributed by atoms with Crippen LogP contribution < -0.4 is 5.73 Å². The Labute approximate surface area is 127 Å². The Bertz CT molecular complexity index is 413. The van der Waals surface area contributed by atoms with Crippen LogP contribution in [0, 0.1) is 5.41 Å². The summed E-state index contributed by atoms with van der Waals surface area (Å²) in [6.07, 6.45) is 3.25. The van der Waals surface area contributed by atoms with Crippen molar-refractivity contribution in [3.63, 3.8) is 0 Å². The Morgan fingerprint density at radius 1 is 1.47 bits per heavy atom. The highest BCUT2D eigenvalue weighted by atomic mass is 35.5. The first-order valence-electron chi connectivity index (χ1n) is 6.70. The highest BCUT2D eigenvalue weighted by Gasteiger charge is 2.32. The van der Waals surface area contributed by atoms with Crippen LogP contribution in [0.5, 0.6) is 0 Å². The van der Waals surface area contributed by atoms with E-state index in [-0.39, 0.29) is 17.8 Å². The van der Waals surface area contributed by atoms with Gasteiger partial charge in [-0.15, -0.1) is 23.7 Å². The largest absolute Gasteiger partial charge is 0.330 e. The Morgan fingerprint density at radius 3 is 2.63 bits per heavy atom. The summed E-state index contributed by atoms with van der Waals surface area (Å²) in [5, 5.41) is 1.24. The number of rotatable bonds is 3. The summed E-state index contributed by atoms with van der Waals surface area (Å²) in [5.41, 5.74) is 6.37. The van der Waals surface area contributed by atoms with Crippen molar-refractivity contribution < 1.29 is 0 Å². The van der Waals surface area contributed by atoms with Gasteiger partial charge in [0, 0.05) is 17.6 Å². The molecular weight excluding hydrogens is 278 g/mol. The number of hydrogen-bond acceptors (Lipinski definition) is 4. The highest BCUT2D eigenvalue weighted by Crippen LogP contribution is 2.32. The molecule has 0 radical (unpaired) electrons. The van der Waals surface area contributed by atoms with Gasteiger partial charge in [-0.1, -0.05) is 27.7 Å². The number of aromatic nitrogens is 1. The second kappa shape index (κ2) is 6.08. The van der Waals surface area contributed by atoms with Crippen molar-refractivity contribution in [1.82, 2.24) is 9.88 Å². The third-order valence-corrected chi connectivity index (χ3v) is 5.19. The minimum absolute atomic E-state index is 0. The second-order valence-corrected chi connectivity index (χ2v) is 7.96. The second-order valence-electron chi connectivity index (χ2n) is 6.84. The van der Waals surface area contributed by atoms with E-state index in [1.807, 2.05) is 17.5 Å². The van der Waals surface area contributed by atoms with E-state index in [0.29, 0.717) is 5.41 Å². The minimum atomic E-state index is 0. The zero-order valence-electron chi connectivity index (χ0n) is 12.4. The third-order valence-electron chi connectivity index (χ3n) is 3.78. The molecule has 1 aliphatic heterocycles. The van der Waals surface area contributed by atoms with Crippen LogP contribution in [0.2, 0.25) is 0 Å². The van der Waals surface area contributed by atoms with Crippen LogP contribution in [-0.4, -0.2) is 29.5 Å². The predicted molar refractivity (Wildman–Crippen MR) is 85.1 cm³/mol. The molecule has 0 amide bonds. The molecule has 1 aromatic rings. The Morgan fingerprint density at radius 2 is 2.16 bits per heavy atom. The summed E-state index contributed by atoms with van der Waals surface area (Å²) >= 11 is 1.85. The van der Waals surface area contributed by atoms with Gasteiger partial charge in [-0.2, -0.15) is 0 Å². The van der Waals surface area contributed by atoms with E-state index in [2.05, 4.69) is 37.6 Å². The SMILES string of the molecule is CC1(CN)CCN(Cc2ncc(C(C)(C)C)s2)C1.Cl. The molecule has 0 saturated carbocycles. The van der Waals surface area contributed by atoms with Crippen molar-refractivity contribution >= 4 is 23.7 Å². The molecule has 3 nitrogen and oxygen atoms in total. The number of thiazole rings is 1. The van der Waals surface area contributed by atoms with E-state index in [9.17, 15) is 0 Å². The summed E-state index contributed by atoms with van der Waals surface area (Å²) in [6.45, 7) is 13.0. The van der Waals surface area contributed by atoms with Crippen LogP contribution in [0.25, 0.3) is 0 Å². The van der Waals surface area contributed by atoms with Crippen molar-refractivity contribution in [2.75, 3.05) is 19.6 Å². The molecule has 19 heavy (non-hydrogen) atoms. The summed E-state index contributed by atoms with van der Waals surface area (Å²) < 4.78 is 0. The van der Waals surface area contributed by atoms with Crippen molar-refractivity contribution in [1.29, 1.82) is 0 Å². The lowest BCUT2D eigenvalue weighted by molar-refractivity contribution is 0.274. The van der Waals surface area contributed by atoms with Gasteiger partial charge in [-0.3, -0.25) is 4.90 Å². The molecule has 1 aliphatic rings. The fourth-order valence-electron chi connectivity index (χ4n) is 2.35. The van der Waals surface area contributed by atoms with Crippen LogP contribution in [0.3, 0.4) is 0 Å². The first-order valence-corrected chi connectivity index (χ1v) is 7.52. The van der Waals surface area contributed by atoms with Gasteiger partial charge in [0.25, 0.3) is 0 Å². The first-order chi connectivity index (χ1) is 8.32. The van der Waals surface area contributed by atoms with Gasteiger partial charge >= 0.3 is 0 Å². The van der Waals surface area contributed by atoms with Crippen molar-refractivity contribution in [3.8, 4) is 0 Å². The maximum Gasteiger partial charge on any atom is 0.107 e. The zero-order valence-corrected chi connectivity index (χ0v) is 14.0. The van der Waals surface area contributed by atoms with Crippen molar-refractivity contribution in [2.24, 2.45) is 11.1 Å². The minimum Gasteiger partial charge on any atom is -0.330 e. The maximum absolute atomic E-state index is 5.85. The van der Waals surface area contributed by atoms with E-state index < -0.39 is 0 Å². The number of halogens is 1. The molecule has 2 heterocycles. The molecular formula is C14H26ClN3S. The monoisotopic (exact) mass is 303 g/mol. The fourth-order valence-corrected chi connectivity index (χ4v) is 3.37. The molecule has 0 spiro atoms. The lowest BCUT2D eigenvalue weighted by atomic mass is 9.90. The third kappa shape index (κ3) is 4.15. The van der Waals surface area contributed by atoms with Gasteiger partial charge in [0.05, 0.1) is 6.54 Å². The molecule has 0 bridgehead atoms. The average molecular weight is 304 g/mol. The summed E-state index contributed by atoms with van der Waals surface area (Å²) in [7, 11) is 0. The summed E-state index contributed by atoms with van der Waals surface area (Å²) in [5.74, 6) is 0. The van der Waals surface area contributed by atoms with E-state index in [4.69, 9.17) is 5.73 Å². The number of hydrogen-bond donors (Lipinski definition) is 1. The molecule has 1 atom stereocenters. The number of nitrogens with zero attached hydrogens (tertiary/aromatic N) is 2. The van der Waals surface area contributed by atoms with Crippen LogP contribution in [0.1, 0.15) is 44.0 Å². The van der Waals surface area contributed by atoms with Gasteiger partial charge in [0.1, 0.15) is 5.01 Å². The first kappa shape index (κ1) is 16.9.